The third-order valence-electron chi connectivity index (χ3n) is 2.06. The van der Waals surface area contributed by atoms with E-state index in [0.717, 1.165) is 0 Å². The summed E-state index contributed by atoms with van der Waals surface area (Å²) in [5.74, 6) is -0.125. The summed E-state index contributed by atoms with van der Waals surface area (Å²) in [5, 5.41) is 17.9. The van der Waals surface area contributed by atoms with E-state index in [0.29, 0.717) is 32.9 Å². The van der Waals surface area contributed by atoms with Gasteiger partial charge in [0.05, 0.1) is 26.4 Å². The Morgan fingerprint density at radius 2 is 2.24 bits per heavy atom. The standard InChI is InChI=1S/C8H15N5O4/c1-2-17-7(14)3-4-12-5-9-8(10-6-12)11-13(15)16/h2-6H2,1H3,(H2,9,10,11). The molecule has 1 rings (SSSR count). The number of nitro groups is 1. The van der Waals surface area contributed by atoms with Crippen molar-refractivity contribution in [3.63, 3.8) is 0 Å². The molecule has 1 aliphatic rings. The first-order valence-electron chi connectivity index (χ1n) is 5.20. The van der Waals surface area contributed by atoms with Crippen LogP contribution in [0.25, 0.3) is 0 Å². The molecule has 1 saturated heterocycles. The van der Waals surface area contributed by atoms with E-state index in [1.54, 1.807) is 6.92 Å². The van der Waals surface area contributed by atoms with E-state index in [-0.39, 0.29) is 11.9 Å². The van der Waals surface area contributed by atoms with Gasteiger partial charge in [-0.1, -0.05) is 0 Å². The molecule has 0 aromatic rings. The number of rotatable bonds is 5. The summed E-state index contributed by atoms with van der Waals surface area (Å²) in [6.07, 6.45) is 0.291. The van der Waals surface area contributed by atoms with Crippen molar-refractivity contribution in [3.05, 3.63) is 10.1 Å². The lowest BCUT2D eigenvalue weighted by atomic mass is 10.4. The fourth-order valence-corrected chi connectivity index (χ4v) is 1.28. The maximum absolute atomic E-state index is 11.1. The number of nitrogens with zero attached hydrogens (tertiary/aromatic N) is 3. The first kappa shape index (κ1) is 13.2. The van der Waals surface area contributed by atoms with Crippen LogP contribution in [0.15, 0.2) is 5.10 Å². The molecule has 96 valence electrons. The van der Waals surface area contributed by atoms with Crippen LogP contribution < -0.4 is 10.6 Å². The zero-order valence-corrected chi connectivity index (χ0v) is 9.51. The van der Waals surface area contributed by atoms with Crippen LogP contribution in [0.3, 0.4) is 0 Å². The second kappa shape index (κ2) is 6.63. The molecule has 2 N–H and O–H groups in total. The normalized spacial score (nSPS) is 15.7. The van der Waals surface area contributed by atoms with Gasteiger partial charge in [0.15, 0.2) is 5.03 Å². The number of nitrogens with one attached hydrogen (secondary N) is 2. The Morgan fingerprint density at radius 1 is 1.59 bits per heavy atom. The van der Waals surface area contributed by atoms with Gasteiger partial charge in [-0.2, -0.15) is 0 Å². The van der Waals surface area contributed by atoms with Gasteiger partial charge in [-0.3, -0.25) is 9.69 Å². The van der Waals surface area contributed by atoms with Gasteiger partial charge in [0, 0.05) is 6.54 Å². The van der Waals surface area contributed by atoms with E-state index in [2.05, 4.69) is 15.7 Å². The van der Waals surface area contributed by atoms with E-state index < -0.39 is 5.03 Å². The minimum Gasteiger partial charge on any atom is -0.466 e. The Hall–Kier alpha value is -1.90. The topological polar surface area (TPSA) is 109 Å². The van der Waals surface area contributed by atoms with E-state index >= 15 is 0 Å². The molecular weight excluding hydrogens is 230 g/mol. The van der Waals surface area contributed by atoms with Gasteiger partial charge in [-0.15, -0.1) is 0 Å². The molecule has 0 saturated carbocycles. The van der Waals surface area contributed by atoms with Crippen molar-refractivity contribution in [2.75, 3.05) is 26.5 Å². The molecule has 0 bridgehead atoms. The molecule has 9 heteroatoms. The van der Waals surface area contributed by atoms with Gasteiger partial charge < -0.3 is 15.4 Å². The summed E-state index contributed by atoms with van der Waals surface area (Å²) < 4.78 is 4.79. The summed E-state index contributed by atoms with van der Waals surface area (Å²) in [6, 6.07) is 0. The Morgan fingerprint density at radius 3 is 2.76 bits per heavy atom. The lowest BCUT2D eigenvalue weighted by Gasteiger charge is -2.28. The second-order valence-electron chi connectivity index (χ2n) is 3.31. The maximum atomic E-state index is 11.1. The molecule has 0 aromatic carbocycles. The Kier molecular flexibility index (Phi) is 5.14. The van der Waals surface area contributed by atoms with Crippen LogP contribution in [0.5, 0.6) is 0 Å². The number of hydrogen-bond acceptors (Lipinski definition) is 5. The van der Waals surface area contributed by atoms with Crippen molar-refractivity contribution >= 4 is 11.9 Å². The zero-order valence-electron chi connectivity index (χ0n) is 9.51. The highest BCUT2D eigenvalue weighted by atomic mass is 16.7. The van der Waals surface area contributed by atoms with Crippen molar-refractivity contribution in [2.24, 2.45) is 5.10 Å². The number of ether oxygens (including phenoxy) is 1. The third kappa shape index (κ3) is 5.11. The number of hydrogen-bond donors (Lipinski definition) is 2. The summed E-state index contributed by atoms with van der Waals surface area (Å²) in [6.45, 7) is 3.44. The second-order valence-corrected chi connectivity index (χ2v) is 3.31. The highest BCUT2D eigenvalue weighted by Gasteiger charge is 2.16. The summed E-state index contributed by atoms with van der Waals surface area (Å²) in [4.78, 5) is 23.1. The van der Waals surface area contributed by atoms with E-state index in [9.17, 15) is 14.9 Å². The van der Waals surface area contributed by atoms with Crippen molar-refractivity contribution in [1.29, 1.82) is 0 Å². The Balaban J connectivity index is 2.23. The minimum atomic E-state index is -0.774. The van der Waals surface area contributed by atoms with Gasteiger partial charge in [0.1, 0.15) is 5.10 Å². The molecule has 0 spiro atoms. The van der Waals surface area contributed by atoms with Crippen LogP contribution in [-0.2, 0) is 9.53 Å². The molecule has 0 aromatic heterocycles. The number of hydrazone groups is 1. The zero-order chi connectivity index (χ0) is 12.7. The van der Waals surface area contributed by atoms with E-state index in [1.807, 2.05) is 4.90 Å². The molecule has 0 amide bonds. The van der Waals surface area contributed by atoms with Crippen molar-refractivity contribution in [3.8, 4) is 0 Å². The van der Waals surface area contributed by atoms with E-state index in [4.69, 9.17) is 4.74 Å². The van der Waals surface area contributed by atoms with Crippen LogP contribution in [0.4, 0.5) is 0 Å². The van der Waals surface area contributed by atoms with Crippen molar-refractivity contribution < 1.29 is 14.6 Å². The summed E-state index contributed by atoms with van der Waals surface area (Å²) in [5.41, 5.74) is 0. The lowest BCUT2D eigenvalue weighted by molar-refractivity contribution is -0.485. The third-order valence-corrected chi connectivity index (χ3v) is 2.06. The Labute approximate surface area is 97.9 Å². The lowest BCUT2D eigenvalue weighted by Crippen LogP contribution is -2.55. The van der Waals surface area contributed by atoms with Crippen molar-refractivity contribution in [1.82, 2.24) is 15.5 Å². The predicted octanol–water partition coefficient (Wildman–Crippen LogP) is -1.10. The minimum absolute atomic E-state index is 0.127. The average molecular weight is 245 g/mol. The van der Waals surface area contributed by atoms with Crippen LogP contribution in [0.1, 0.15) is 13.3 Å². The van der Waals surface area contributed by atoms with Crippen LogP contribution >= 0.6 is 0 Å². The van der Waals surface area contributed by atoms with Gasteiger partial charge in [0.2, 0.25) is 0 Å². The number of guanidine groups is 1. The SMILES string of the molecule is CCOC(=O)CCN1CNC(=N[N+](=O)[O-])NC1. The first-order valence-corrected chi connectivity index (χ1v) is 5.20. The largest absolute Gasteiger partial charge is 0.466 e. The number of carbonyl (C=O) groups excluding carboxylic acids is 1. The van der Waals surface area contributed by atoms with Gasteiger partial charge in [0.25, 0.3) is 5.96 Å². The Bertz CT molecular complexity index is 309. The monoisotopic (exact) mass is 245 g/mol. The van der Waals surface area contributed by atoms with Crippen LogP contribution in [0.2, 0.25) is 0 Å². The molecule has 0 radical (unpaired) electrons. The smallest absolute Gasteiger partial charge is 0.307 e. The highest BCUT2D eigenvalue weighted by Crippen LogP contribution is 1.94. The average Bonchev–Trinajstić information content (AvgIpc) is 2.28. The molecule has 17 heavy (non-hydrogen) atoms. The first-order chi connectivity index (χ1) is 8.11. The fraction of sp³-hybridized carbons (Fsp3) is 0.750. The molecule has 1 fully saturated rings. The molecule has 9 nitrogen and oxygen atoms in total. The molecule has 1 heterocycles. The van der Waals surface area contributed by atoms with Crippen LogP contribution in [-0.4, -0.2) is 48.4 Å². The number of carbonyl (C=O) groups is 1. The van der Waals surface area contributed by atoms with E-state index in [1.165, 1.54) is 0 Å². The summed E-state index contributed by atoms with van der Waals surface area (Å²) in [7, 11) is 0. The summed E-state index contributed by atoms with van der Waals surface area (Å²) >= 11 is 0. The molecule has 0 aliphatic carbocycles. The molecule has 0 atom stereocenters. The molecular formula is C8H15N5O4. The van der Waals surface area contributed by atoms with Crippen LogP contribution in [0, 0.1) is 10.1 Å². The number of esters is 1. The quantitative estimate of drug-likeness (QED) is 0.359. The van der Waals surface area contributed by atoms with Crippen molar-refractivity contribution in [2.45, 2.75) is 13.3 Å². The highest BCUT2D eigenvalue weighted by molar-refractivity contribution is 5.79. The van der Waals surface area contributed by atoms with Gasteiger partial charge in [-0.05, 0) is 6.92 Å². The maximum Gasteiger partial charge on any atom is 0.307 e. The van der Waals surface area contributed by atoms with Gasteiger partial charge in [-0.25, -0.2) is 10.1 Å². The molecule has 0 unspecified atom stereocenters. The molecule has 1 aliphatic heterocycles. The van der Waals surface area contributed by atoms with Gasteiger partial charge >= 0.3 is 5.97 Å². The fourth-order valence-electron chi connectivity index (χ4n) is 1.28. The predicted molar refractivity (Wildman–Crippen MR) is 58.4 cm³/mol.